The van der Waals surface area contributed by atoms with E-state index in [-0.39, 0.29) is 31.3 Å². The summed E-state index contributed by atoms with van der Waals surface area (Å²) in [4.78, 5) is 23.9. The highest BCUT2D eigenvalue weighted by atomic mass is 32.2. The third kappa shape index (κ3) is 8.28. The van der Waals surface area contributed by atoms with Gasteiger partial charge >= 0.3 is 6.09 Å². The highest BCUT2D eigenvalue weighted by Gasteiger charge is 2.39. The second-order valence-corrected chi connectivity index (χ2v) is 10.6. The Kier molecular flexibility index (Phi) is 10.3. The van der Waals surface area contributed by atoms with Crippen LogP contribution in [-0.4, -0.2) is 84.6 Å². The average molecular weight is 588 g/mol. The highest BCUT2D eigenvalue weighted by Crippen LogP contribution is 2.29. The van der Waals surface area contributed by atoms with Crippen LogP contribution < -0.4 is 24.4 Å². The van der Waals surface area contributed by atoms with Crippen LogP contribution in [0, 0.1) is 0 Å². The number of pyridine rings is 1. The largest absolute Gasteiger partial charge is 0.493 e. The molecule has 0 radical (unpaired) electrons. The van der Waals surface area contributed by atoms with E-state index in [1.165, 1.54) is 24.3 Å². The number of para-hydroxylation sites is 2. The molecule has 3 aromatic rings. The van der Waals surface area contributed by atoms with Gasteiger partial charge in [-0.2, -0.15) is 4.72 Å². The zero-order valence-corrected chi connectivity index (χ0v) is 23.7. The van der Waals surface area contributed by atoms with Crippen molar-refractivity contribution in [2.75, 3.05) is 57.8 Å². The van der Waals surface area contributed by atoms with Gasteiger partial charge < -0.3 is 23.8 Å². The highest BCUT2D eigenvalue weighted by molar-refractivity contribution is 7.89. The summed E-state index contributed by atoms with van der Waals surface area (Å²) in [5.41, 5.74) is 0.853. The molecule has 1 aliphatic rings. The number of nitrogens with zero attached hydrogens (tertiary/aromatic N) is 3. The molecule has 2 heterocycles. The number of anilines is 2. The lowest BCUT2D eigenvalue weighted by atomic mass is 10.3. The first kappa shape index (κ1) is 30.0. The molecule has 0 bridgehead atoms. The molecular weight excluding hydrogens is 554 g/mol. The van der Waals surface area contributed by atoms with E-state index in [0.717, 1.165) is 5.69 Å². The van der Waals surface area contributed by atoms with Gasteiger partial charge in [-0.3, -0.25) is 10.2 Å². The van der Waals surface area contributed by atoms with E-state index in [1.807, 2.05) is 19.0 Å². The van der Waals surface area contributed by atoms with Crippen molar-refractivity contribution >= 4 is 27.6 Å². The molecule has 1 saturated heterocycles. The molecule has 14 heteroatoms. The molecule has 1 amide bonds. The number of benzene rings is 2. The van der Waals surface area contributed by atoms with E-state index >= 15 is 0 Å². The third-order valence-electron chi connectivity index (χ3n) is 5.87. The van der Waals surface area contributed by atoms with E-state index in [2.05, 4.69) is 15.0 Å². The van der Waals surface area contributed by atoms with Crippen LogP contribution in [0.1, 0.15) is 0 Å². The zero-order valence-electron chi connectivity index (χ0n) is 22.9. The number of ether oxygens (including phenoxy) is 4. The van der Waals surface area contributed by atoms with Crippen LogP contribution >= 0.6 is 0 Å². The molecule has 2 atom stereocenters. The van der Waals surface area contributed by atoms with Gasteiger partial charge in [0.1, 0.15) is 19.0 Å². The number of aromatic nitrogens is 1. The smallest absolute Gasteiger partial charge is 0.412 e. The summed E-state index contributed by atoms with van der Waals surface area (Å²) in [6, 6.07) is 18.5. The maximum atomic E-state index is 13.3. The van der Waals surface area contributed by atoms with E-state index < -0.39 is 28.6 Å². The van der Waals surface area contributed by atoms with Gasteiger partial charge in [0.25, 0.3) is 0 Å². The number of rotatable bonds is 12. The summed E-state index contributed by atoms with van der Waals surface area (Å²) in [6.07, 6.45) is -1.36. The second-order valence-electron chi connectivity index (χ2n) is 8.91. The molecule has 1 fully saturated rings. The van der Waals surface area contributed by atoms with Crippen LogP contribution in [-0.2, 0) is 24.3 Å². The topological polar surface area (TPSA) is 141 Å². The number of hydrogen-bond donors (Lipinski definition) is 2. The summed E-state index contributed by atoms with van der Waals surface area (Å²) in [7, 11) is 1.23. The number of hydroxylamine groups is 2. The van der Waals surface area contributed by atoms with Gasteiger partial charge in [0, 0.05) is 26.0 Å². The summed E-state index contributed by atoms with van der Waals surface area (Å²) in [5.74, 6) is 1.14. The number of amides is 1. The summed E-state index contributed by atoms with van der Waals surface area (Å²) in [5, 5.41) is 3.96. The minimum absolute atomic E-state index is 0.0348. The maximum absolute atomic E-state index is 13.3. The minimum atomic E-state index is -4.00. The Labute approximate surface area is 238 Å². The Bertz CT molecular complexity index is 1380. The van der Waals surface area contributed by atoms with E-state index in [9.17, 15) is 13.2 Å². The predicted molar refractivity (Wildman–Crippen MR) is 150 cm³/mol. The van der Waals surface area contributed by atoms with Gasteiger partial charge in [-0.25, -0.2) is 18.2 Å². The lowest BCUT2D eigenvalue weighted by molar-refractivity contribution is -0.293. The zero-order chi connectivity index (χ0) is 29.2. The second kappa shape index (κ2) is 14.1. The molecule has 2 aromatic carbocycles. The quantitative estimate of drug-likeness (QED) is 0.302. The Hall–Kier alpha value is -3.95. The van der Waals surface area contributed by atoms with Crippen molar-refractivity contribution in [3.05, 3.63) is 72.9 Å². The molecule has 0 aliphatic carbocycles. The van der Waals surface area contributed by atoms with Crippen molar-refractivity contribution in [3.8, 4) is 11.5 Å². The Morgan fingerprint density at radius 1 is 1.05 bits per heavy atom. The lowest BCUT2D eigenvalue weighted by Gasteiger charge is -2.39. The molecule has 4 rings (SSSR count). The van der Waals surface area contributed by atoms with Gasteiger partial charge in [0.05, 0.1) is 25.2 Å². The first-order chi connectivity index (χ1) is 19.8. The minimum Gasteiger partial charge on any atom is -0.493 e. The fourth-order valence-corrected chi connectivity index (χ4v) is 4.96. The molecule has 1 aromatic heterocycles. The number of carbonyl (C=O) groups is 1. The summed E-state index contributed by atoms with van der Waals surface area (Å²) >= 11 is 0. The van der Waals surface area contributed by atoms with Crippen molar-refractivity contribution < 1.29 is 37.0 Å². The van der Waals surface area contributed by atoms with Crippen molar-refractivity contribution in [1.82, 2.24) is 14.8 Å². The monoisotopic (exact) mass is 587 g/mol. The van der Waals surface area contributed by atoms with Crippen molar-refractivity contribution in [2.45, 2.75) is 17.4 Å². The first-order valence-electron chi connectivity index (χ1n) is 12.7. The maximum Gasteiger partial charge on any atom is 0.412 e. The number of sulfonamides is 1. The molecule has 0 saturated carbocycles. The molecule has 1 aliphatic heterocycles. The molecular formula is C27H33N5O8S. The molecule has 220 valence electrons. The lowest BCUT2D eigenvalue weighted by Crippen LogP contribution is -2.60. The molecule has 13 nitrogen and oxygen atoms in total. The van der Waals surface area contributed by atoms with Crippen molar-refractivity contribution in [1.29, 1.82) is 0 Å². The fraction of sp³-hybridized carbons (Fsp3) is 0.333. The third-order valence-corrected chi connectivity index (χ3v) is 7.31. The van der Waals surface area contributed by atoms with Crippen LogP contribution in [0.4, 0.5) is 16.3 Å². The SMILES string of the molecule is COc1ccccc1OC1C(NS(=O)(=O)c2ccc(N(C)C)cc2)OCCN1OCCOC(=O)Nc1ccccn1. The predicted octanol–water partition coefficient (Wildman–Crippen LogP) is 2.68. The fourth-order valence-electron chi connectivity index (χ4n) is 3.84. The Morgan fingerprint density at radius 3 is 2.46 bits per heavy atom. The standard InChI is InChI=1S/C27H33N5O8S/c1-31(2)20-11-13-21(14-12-20)41(34,35)30-25-26(40-23-9-5-4-8-22(23)36-3)32(16-17-37-25)39-19-18-38-27(33)29-24-10-6-7-15-28-24/h4-15,25-26,30H,16-19H2,1-3H3,(H,28,29,33). The van der Waals surface area contributed by atoms with E-state index in [4.69, 9.17) is 23.8 Å². The van der Waals surface area contributed by atoms with E-state index in [0.29, 0.717) is 17.3 Å². The van der Waals surface area contributed by atoms with E-state index in [1.54, 1.807) is 60.8 Å². The van der Waals surface area contributed by atoms with Crippen LogP contribution in [0.25, 0.3) is 0 Å². The van der Waals surface area contributed by atoms with Crippen LogP contribution in [0.5, 0.6) is 11.5 Å². The number of carbonyl (C=O) groups excluding carboxylic acids is 1. The number of nitrogens with one attached hydrogen (secondary N) is 2. The summed E-state index contributed by atoms with van der Waals surface area (Å²) in [6.45, 7) is 0.258. The van der Waals surface area contributed by atoms with Crippen molar-refractivity contribution in [3.63, 3.8) is 0 Å². The summed E-state index contributed by atoms with van der Waals surface area (Å²) < 4.78 is 51.7. The van der Waals surface area contributed by atoms with Gasteiger partial charge in [-0.15, -0.1) is 5.06 Å². The molecule has 41 heavy (non-hydrogen) atoms. The van der Waals surface area contributed by atoms with Gasteiger partial charge in [0.2, 0.25) is 16.3 Å². The van der Waals surface area contributed by atoms with Crippen LogP contribution in [0.3, 0.4) is 0 Å². The number of morpholine rings is 1. The van der Waals surface area contributed by atoms with Crippen LogP contribution in [0.2, 0.25) is 0 Å². The number of methoxy groups -OCH3 is 1. The van der Waals surface area contributed by atoms with Crippen LogP contribution in [0.15, 0.2) is 77.8 Å². The number of hydrogen-bond acceptors (Lipinski definition) is 11. The normalized spacial score (nSPS) is 17.4. The van der Waals surface area contributed by atoms with Gasteiger partial charge in [0.15, 0.2) is 17.7 Å². The van der Waals surface area contributed by atoms with Crippen molar-refractivity contribution in [2.24, 2.45) is 0 Å². The molecule has 0 spiro atoms. The van der Waals surface area contributed by atoms with Gasteiger partial charge in [-0.1, -0.05) is 18.2 Å². The molecule has 2 unspecified atom stereocenters. The first-order valence-corrected chi connectivity index (χ1v) is 14.2. The molecule has 2 N–H and O–H groups in total. The van der Waals surface area contributed by atoms with Gasteiger partial charge in [-0.05, 0) is 48.5 Å². The Balaban J connectivity index is 1.45. The Morgan fingerprint density at radius 2 is 1.78 bits per heavy atom. The average Bonchev–Trinajstić information content (AvgIpc) is 2.97.